The van der Waals surface area contributed by atoms with Crippen LogP contribution >= 0.6 is 11.8 Å². The number of hydrogen-bond acceptors (Lipinski definition) is 5. The number of para-hydroxylation sites is 1. The normalized spacial score (nSPS) is 10.8. The molecule has 0 aliphatic rings. The number of benzene rings is 1. The lowest BCUT2D eigenvalue weighted by atomic mass is 10.2. The van der Waals surface area contributed by atoms with Crippen LogP contribution in [0, 0.1) is 0 Å². The second-order valence-electron chi connectivity index (χ2n) is 3.09. The lowest BCUT2D eigenvalue weighted by Crippen LogP contribution is -1.87. The van der Waals surface area contributed by atoms with Crippen molar-refractivity contribution in [2.75, 3.05) is 0 Å². The van der Waals surface area contributed by atoms with Crippen molar-refractivity contribution in [1.29, 1.82) is 0 Å². The second-order valence-corrected chi connectivity index (χ2v) is 4.07. The molecule has 0 fully saturated rings. The second kappa shape index (κ2) is 3.90. The Morgan fingerprint density at radius 1 is 1.00 bits per heavy atom. The van der Waals surface area contributed by atoms with Crippen LogP contribution in [0.3, 0.4) is 0 Å². The van der Waals surface area contributed by atoms with E-state index in [0.717, 1.165) is 21.1 Å². The molecule has 6 heteroatoms. The first kappa shape index (κ1) is 9.29. The lowest BCUT2D eigenvalue weighted by Gasteiger charge is -2.01. The average Bonchev–Trinajstić information content (AvgIpc) is 2.82. The standard InChI is InChI=1S/C10H7N5S/c1-2-4-8-7(3-1)9(12-5-11-8)16-10-13-6-14-15-10/h1-6H,(H,13,14,15). The Morgan fingerprint density at radius 3 is 2.81 bits per heavy atom. The van der Waals surface area contributed by atoms with E-state index in [1.807, 2.05) is 24.3 Å². The molecule has 0 radical (unpaired) electrons. The molecule has 2 heterocycles. The first-order valence-corrected chi connectivity index (χ1v) is 5.48. The number of hydrogen-bond donors (Lipinski definition) is 1. The van der Waals surface area contributed by atoms with E-state index in [1.165, 1.54) is 18.1 Å². The van der Waals surface area contributed by atoms with Crippen molar-refractivity contribution in [2.24, 2.45) is 0 Å². The molecular weight excluding hydrogens is 222 g/mol. The third-order valence-electron chi connectivity index (χ3n) is 2.09. The quantitative estimate of drug-likeness (QED) is 0.680. The molecule has 0 atom stereocenters. The average molecular weight is 229 g/mol. The maximum atomic E-state index is 4.25. The smallest absolute Gasteiger partial charge is 0.189 e. The van der Waals surface area contributed by atoms with Crippen LogP contribution in [0.25, 0.3) is 10.9 Å². The van der Waals surface area contributed by atoms with Gasteiger partial charge in [-0.1, -0.05) is 18.2 Å². The van der Waals surface area contributed by atoms with Gasteiger partial charge in [0.2, 0.25) is 0 Å². The van der Waals surface area contributed by atoms with Gasteiger partial charge in [-0.3, -0.25) is 5.10 Å². The number of rotatable bonds is 2. The molecular formula is C10H7N5S. The number of nitrogens with one attached hydrogen (secondary N) is 1. The fraction of sp³-hybridized carbons (Fsp3) is 0. The van der Waals surface area contributed by atoms with Gasteiger partial charge in [-0.15, -0.1) is 0 Å². The molecule has 0 aliphatic heterocycles. The van der Waals surface area contributed by atoms with E-state index in [1.54, 1.807) is 6.33 Å². The predicted molar refractivity (Wildman–Crippen MR) is 60.0 cm³/mol. The number of nitrogens with zero attached hydrogens (tertiary/aromatic N) is 4. The van der Waals surface area contributed by atoms with Gasteiger partial charge in [-0.2, -0.15) is 5.10 Å². The highest BCUT2D eigenvalue weighted by atomic mass is 32.2. The van der Waals surface area contributed by atoms with Crippen LogP contribution in [0.1, 0.15) is 0 Å². The van der Waals surface area contributed by atoms with E-state index in [9.17, 15) is 0 Å². The first-order chi connectivity index (χ1) is 7.93. The van der Waals surface area contributed by atoms with Crippen molar-refractivity contribution < 1.29 is 0 Å². The highest BCUT2D eigenvalue weighted by Crippen LogP contribution is 2.27. The van der Waals surface area contributed by atoms with Crippen LogP contribution in [0.4, 0.5) is 0 Å². The van der Waals surface area contributed by atoms with Crippen LogP contribution in [-0.4, -0.2) is 25.1 Å². The Balaban J connectivity index is 2.10. The van der Waals surface area contributed by atoms with E-state index in [-0.39, 0.29) is 0 Å². The molecule has 0 bridgehead atoms. The van der Waals surface area contributed by atoms with Crippen LogP contribution in [0.15, 0.2) is 47.1 Å². The summed E-state index contributed by atoms with van der Waals surface area (Å²) in [5.74, 6) is 0. The largest absolute Gasteiger partial charge is 0.254 e. The topological polar surface area (TPSA) is 67.3 Å². The van der Waals surface area contributed by atoms with Gasteiger partial charge in [-0.05, 0) is 17.8 Å². The van der Waals surface area contributed by atoms with Gasteiger partial charge in [0.1, 0.15) is 17.7 Å². The molecule has 1 aromatic carbocycles. The zero-order chi connectivity index (χ0) is 10.8. The summed E-state index contributed by atoms with van der Waals surface area (Å²) >= 11 is 1.44. The zero-order valence-corrected chi connectivity index (χ0v) is 8.98. The van der Waals surface area contributed by atoms with Gasteiger partial charge in [0.05, 0.1) is 5.52 Å². The van der Waals surface area contributed by atoms with Gasteiger partial charge in [0.15, 0.2) is 5.16 Å². The Labute approximate surface area is 95.3 Å². The van der Waals surface area contributed by atoms with Crippen molar-refractivity contribution in [3.63, 3.8) is 0 Å². The number of aromatic nitrogens is 5. The van der Waals surface area contributed by atoms with E-state index < -0.39 is 0 Å². The first-order valence-electron chi connectivity index (χ1n) is 4.66. The third-order valence-corrected chi connectivity index (χ3v) is 3.00. The van der Waals surface area contributed by atoms with Gasteiger partial charge in [0.25, 0.3) is 0 Å². The minimum absolute atomic E-state index is 0.726. The van der Waals surface area contributed by atoms with Crippen molar-refractivity contribution in [3.05, 3.63) is 36.9 Å². The summed E-state index contributed by atoms with van der Waals surface area (Å²) in [7, 11) is 0. The maximum absolute atomic E-state index is 4.25. The minimum Gasteiger partial charge on any atom is -0.254 e. The Morgan fingerprint density at radius 2 is 1.94 bits per heavy atom. The Kier molecular flexibility index (Phi) is 2.26. The molecule has 3 rings (SSSR count). The molecule has 0 spiro atoms. The summed E-state index contributed by atoms with van der Waals surface area (Å²) in [4.78, 5) is 12.5. The van der Waals surface area contributed by atoms with Crippen molar-refractivity contribution in [2.45, 2.75) is 10.2 Å². The van der Waals surface area contributed by atoms with E-state index >= 15 is 0 Å². The number of H-pyrrole nitrogens is 1. The molecule has 0 aliphatic carbocycles. The highest BCUT2D eigenvalue weighted by Gasteiger charge is 2.06. The summed E-state index contributed by atoms with van der Waals surface area (Å²) in [6.07, 6.45) is 3.03. The zero-order valence-electron chi connectivity index (χ0n) is 8.16. The number of fused-ring (bicyclic) bond motifs is 1. The van der Waals surface area contributed by atoms with E-state index in [2.05, 4.69) is 25.1 Å². The summed E-state index contributed by atoms with van der Waals surface area (Å²) < 4.78 is 0. The summed E-state index contributed by atoms with van der Waals surface area (Å²) in [5, 5.41) is 9.21. The van der Waals surface area contributed by atoms with Gasteiger partial charge in [-0.25, -0.2) is 15.0 Å². The van der Waals surface area contributed by atoms with Gasteiger partial charge < -0.3 is 0 Å². The van der Waals surface area contributed by atoms with Crippen molar-refractivity contribution >= 4 is 22.7 Å². The number of aromatic amines is 1. The van der Waals surface area contributed by atoms with E-state index in [0.29, 0.717) is 0 Å². The summed E-state index contributed by atoms with van der Waals surface area (Å²) in [6, 6.07) is 7.88. The molecule has 16 heavy (non-hydrogen) atoms. The van der Waals surface area contributed by atoms with Crippen molar-refractivity contribution in [3.8, 4) is 0 Å². The van der Waals surface area contributed by atoms with Crippen LogP contribution in [-0.2, 0) is 0 Å². The molecule has 1 N–H and O–H groups in total. The third kappa shape index (κ3) is 1.63. The monoisotopic (exact) mass is 229 g/mol. The lowest BCUT2D eigenvalue weighted by molar-refractivity contribution is 0.967. The highest BCUT2D eigenvalue weighted by molar-refractivity contribution is 7.99. The fourth-order valence-corrected chi connectivity index (χ4v) is 2.16. The Hall–Kier alpha value is -1.95. The summed E-state index contributed by atoms with van der Waals surface area (Å²) in [5.41, 5.74) is 0.930. The van der Waals surface area contributed by atoms with E-state index in [4.69, 9.17) is 0 Å². The molecule has 0 saturated heterocycles. The maximum Gasteiger partial charge on any atom is 0.189 e. The van der Waals surface area contributed by atoms with Gasteiger partial charge >= 0.3 is 0 Å². The Bertz CT molecular complexity index is 602. The SMILES string of the molecule is c1ccc2c(Sc3ncn[nH]3)ncnc2c1. The molecule has 5 nitrogen and oxygen atoms in total. The fourth-order valence-electron chi connectivity index (χ4n) is 1.40. The molecule has 0 unspecified atom stereocenters. The molecule has 2 aromatic heterocycles. The minimum atomic E-state index is 0.726. The van der Waals surface area contributed by atoms with Crippen LogP contribution in [0.5, 0.6) is 0 Å². The molecule has 3 aromatic rings. The van der Waals surface area contributed by atoms with Crippen molar-refractivity contribution in [1.82, 2.24) is 25.1 Å². The predicted octanol–water partition coefficient (Wildman–Crippen LogP) is 1.90. The van der Waals surface area contributed by atoms with Crippen LogP contribution < -0.4 is 0 Å². The molecule has 0 saturated carbocycles. The van der Waals surface area contributed by atoms with Gasteiger partial charge in [0, 0.05) is 5.39 Å². The molecule has 0 amide bonds. The van der Waals surface area contributed by atoms with Crippen LogP contribution in [0.2, 0.25) is 0 Å². The molecule has 78 valence electrons. The summed E-state index contributed by atoms with van der Waals surface area (Å²) in [6.45, 7) is 0.